The SMILES string of the molecule is CCc1cc2c(N(C)CC(C)(C)O)nc(Cl)nc2s1. The van der Waals surface area contributed by atoms with E-state index in [9.17, 15) is 5.11 Å². The second-order valence-corrected chi connectivity index (χ2v) is 6.72. The van der Waals surface area contributed by atoms with E-state index in [1.54, 1.807) is 25.2 Å². The molecule has 104 valence electrons. The van der Waals surface area contributed by atoms with Crippen LogP contribution in [-0.4, -0.2) is 34.3 Å². The molecule has 0 aromatic carbocycles. The van der Waals surface area contributed by atoms with Gasteiger partial charge in [0.05, 0.1) is 11.0 Å². The molecule has 4 nitrogen and oxygen atoms in total. The van der Waals surface area contributed by atoms with Gasteiger partial charge in [-0.15, -0.1) is 11.3 Å². The Morgan fingerprint density at radius 1 is 1.42 bits per heavy atom. The van der Waals surface area contributed by atoms with Crippen LogP contribution in [0.4, 0.5) is 5.82 Å². The number of thiophene rings is 1. The van der Waals surface area contributed by atoms with Crippen LogP contribution in [0, 0.1) is 0 Å². The molecule has 19 heavy (non-hydrogen) atoms. The molecule has 0 saturated carbocycles. The van der Waals surface area contributed by atoms with Crippen molar-refractivity contribution in [3.05, 3.63) is 16.2 Å². The number of hydrogen-bond acceptors (Lipinski definition) is 5. The molecule has 0 spiro atoms. The number of rotatable bonds is 4. The number of halogens is 1. The van der Waals surface area contributed by atoms with E-state index in [4.69, 9.17) is 11.6 Å². The topological polar surface area (TPSA) is 49.2 Å². The van der Waals surface area contributed by atoms with Crippen molar-refractivity contribution in [1.29, 1.82) is 0 Å². The second kappa shape index (κ2) is 5.23. The highest BCUT2D eigenvalue weighted by atomic mass is 35.5. The monoisotopic (exact) mass is 299 g/mol. The number of fused-ring (bicyclic) bond motifs is 1. The molecule has 0 unspecified atom stereocenters. The Morgan fingerprint density at radius 3 is 2.68 bits per heavy atom. The third kappa shape index (κ3) is 3.35. The van der Waals surface area contributed by atoms with Crippen LogP contribution in [0.15, 0.2) is 6.07 Å². The first-order valence-electron chi connectivity index (χ1n) is 6.19. The van der Waals surface area contributed by atoms with Crippen LogP contribution < -0.4 is 4.90 Å². The van der Waals surface area contributed by atoms with E-state index >= 15 is 0 Å². The Morgan fingerprint density at radius 2 is 2.11 bits per heavy atom. The van der Waals surface area contributed by atoms with Crippen molar-refractivity contribution in [1.82, 2.24) is 9.97 Å². The molecule has 2 rings (SSSR count). The Hall–Kier alpha value is -0.910. The number of anilines is 1. The van der Waals surface area contributed by atoms with Gasteiger partial charge in [0.25, 0.3) is 0 Å². The number of hydrogen-bond donors (Lipinski definition) is 1. The minimum absolute atomic E-state index is 0.245. The summed E-state index contributed by atoms with van der Waals surface area (Å²) in [4.78, 5) is 12.6. The fourth-order valence-electron chi connectivity index (χ4n) is 2.05. The van der Waals surface area contributed by atoms with E-state index in [0.717, 1.165) is 22.5 Å². The van der Waals surface area contributed by atoms with E-state index in [2.05, 4.69) is 23.0 Å². The van der Waals surface area contributed by atoms with Crippen molar-refractivity contribution in [2.24, 2.45) is 0 Å². The standard InChI is InChI=1S/C13H18ClN3OS/c1-5-8-6-9-10(17(4)7-13(2,3)18)15-12(14)16-11(9)19-8/h6,18H,5,7H2,1-4H3. The molecule has 0 aliphatic carbocycles. The summed E-state index contributed by atoms with van der Waals surface area (Å²) in [6.45, 7) is 6.13. The molecule has 0 saturated heterocycles. The van der Waals surface area contributed by atoms with Crippen molar-refractivity contribution in [3.63, 3.8) is 0 Å². The molecule has 0 aliphatic rings. The summed E-state index contributed by atoms with van der Waals surface area (Å²) in [5.74, 6) is 0.771. The van der Waals surface area contributed by atoms with Gasteiger partial charge < -0.3 is 10.0 Å². The van der Waals surface area contributed by atoms with Gasteiger partial charge in [0.2, 0.25) is 5.28 Å². The molecule has 2 heterocycles. The maximum Gasteiger partial charge on any atom is 0.225 e. The third-order valence-electron chi connectivity index (χ3n) is 2.73. The lowest BCUT2D eigenvalue weighted by molar-refractivity contribution is 0.0885. The quantitative estimate of drug-likeness (QED) is 0.881. The predicted octanol–water partition coefficient (Wildman–Crippen LogP) is 3.11. The molecule has 2 aromatic rings. The molecule has 0 fully saturated rings. The predicted molar refractivity (Wildman–Crippen MR) is 81.4 cm³/mol. The number of aliphatic hydroxyl groups is 1. The molecular formula is C13H18ClN3OS. The molecular weight excluding hydrogens is 282 g/mol. The number of aryl methyl sites for hydroxylation is 1. The Labute approximate surface area is 122 Å². The van der Waals surface area contributed by atoms with Gasteiger partial charge in [-0.3, -0.25) is 0 Å². The number of likely N-dealkylation sites (N-methyl/N-ethyl adjacent to an activating group) is 1. The van der Waals surface area contributed by atoms with Crippen LogP contribution in [0.25, 0.3) is 10.2 Å². The summed E-state index contributed by atoms with van der Waals surface area (Å²) < 4.78 is 0. The number of aromatic nitrogens is 2. The highest BCUT2D eigenvalue weighted by Crippen LogP contribution is 2.32. The normalized spacial score (nSPS) is 12.1. The van der Waals surface area contributed by atoms with Gasteiger partial charge in [0.1, 0.15) is 10.6 Å². The Bertz CT molecular complexity index is 591. The van der Waals surface area contributed by atoms with E-state index in [1.807, 2.05) is 11.9 Å². The van der Waals surface area contributed by atoms with Crippen molar-refractivity contribution < 1.29 is 5.11 Å². The van der Waals surface area contributed by atoms with Crippen molar-refractivity contribution in [2.75, 3.05) is 18.5 Å². The minimum atomic E-state index is -0.790. The largest absolute Gasteiger partial charge is 0.389 e. The van der Waals surface area contributed by atoms with Gasteiger partial charge in [-0.2, -0.15) is 4.98 Å². The highest BCUT2D eigenvalue weighted by molar-refractivity contribution is 7.18. The molecule has 0 amide bonds. The van der Waals surface area contributed by atoms with Crippen LogP contribution in [0.5, 0.6) is 0 Å². The summed E-state index contributed by atoms with van der Waals surface area (Å²) in [5.41, 5.74) is -0.790. The summed E-state index contributed by atoms with van der Waals surface area (Å²) in [6, 6.07) is 2.10. The molecule has 0 atom stereocenters. The lowest BCUT2D eigenvalue weighted by Gasteiger charge is -2.26. The average Bonchev–Trinajstić information content (AvgIpc) is 2.68. The number of nitrogens with zero attached hydrogens (tertiary/aromatic N) is 3. The fourth-order valence-corrected chi connectivity index (χ4v) is 3.23. The van der Waals surface area contributed by atoms with Gasteiger partial charge >= 0.3 is 0 Å². The van der Waals surface area contributed by atoms with E-state index in [0.29, 0.717) is 6.54 Å². The average molecular weight is 300 g/mol. The van der Waals surface area contributed by atoms with Crippen LogP contribution in [-0.2, 0) is 6.42 Å². The summed E-state index contributed by atoms with van der Waals surface area (Å²) in [6.07, 6.45) is 0.966. The van der Waals surface area contributed by atoms with E-state index < -0.39 is 5.60 Å². The Balaban J connectivity index is 2.49. The second-order valence-electron chi connectivity index (χ2n) is 5.27. The zero-order chi connectivity index (χ0) is 14.2. The lowest BCUT2D eigenvalue weighted by atomic mass is 10.1. The zero-order valence-corrected chi connectivity index (χ0v) is 13.1. The van der Waals surface area contributed by atoms with Crippen molar-refractivity contribution in [2.45, 2.75) is 32.8 Å². The van der Waals surface area contributed by atoms with E-state index in [1.165, 1.54) is 4.88 Å². The van der Waals surface area contributed by atoms with Crippen molar-refractivity contribution in [3.8, 4) is 0 Å². The maximum atomic E-state index is 9.93. The van der Waals surface area contributed by atoms with Gasteiger partial charge in [0, 0.05) is 18.5 Å². The van der Waals surface area contributed by atoms with Crippen LogP contribution in [0.2, 0.25) is 5.28 Å². The molecule has 6 heteroatoms. The Kier molecular flexibility index (Phi) is 3.99. The minimum Gasteiger partial charge on any atom is -0.389 e. The third-order valence-corrected chi connectivity index (χ3v) is 4.07. The fraction of sp³-hybridized carbons (Fsp3) is 0.538. The summed E-state index contributed by atoms with van der Waals surface area (Å²) >= 11 is 7.62. The van der Waals surface area contributed by atoms with Gasteiger partial charge in [-0.1, -0.05) is 6.92 Å². The first-order chi connectivity index (χ1) is 8.80. The van der Waals surface area contributed by atoms with Crippen LogP contribution in [0.1, 0.15) is 25.6 Å². The first kappa shape index (κ1) is 14.5. The smallest absolute Gasteiger partial charge is 0.225 e. The highest BCUT2D eigenvalue weighted by Gasteiger charge is 2.20. The molecule has 0 aliphatic heterocycles. The first-order valence-corrected chi connectivity index (χ1v) is 7.39. The van der Waals surface area contributed by atoms with Crippen LogP contribution in [0.3, 0.4) is 0 Å². The molecule has 2 aromatic heterocycles. The maximum absolute atomic E-state index is 9.93. The molecule has 0 bridgehead atoms. The van der Waals surface area contributed by atoms with Crippen molar-refractivity contribution >= 4 is 39.0 Å². The van der Waals surface area contributed by atoms with E-state index in [-0.39, 0.29) is 5.28 Å². The zero-order valence-electron chi connectivity index (χ0n) is 11.6. The summed E-state index contributed by atoms with van der Waals surface area (Å²) in [5, 5.41) is 11.2. The van der Waals surface area contributed by atoms with Crippen LogP contribution >= 0.6 is 22.9 Å². The molecule has 1 N–H and O–H groups in total. The van der Waals surface area contributed by atoms with Gasteiger partial charge in [0.15, 0.2) is 0 Å². The van der Waals surface area contributed by atoms with Gasteiger partial charge in [-0.25, -0.2) is 4.98 Å². The van der Waals surface area contributed by atoms with Gasteiger partial charge in [-0.05, 0) is 37.9 Å². The molecule has 0 radical (unpaired) electrons. The lowest BCUT2D eigenvalue weighted by Crippen LogP contribution is -2.36. The summed E-state index contributed by atoms with van der Waals surface area (Å²) in [7, 11) is 1.90.